The van der Waals surface area contributed by atoms with E-state index < -0.39 is 46.6 Å². The fourth-order valence-electron chi connectivity index (χ4n) is 7.41. The lowest BCUT2D eigenvalue weighted by atomic mass is 9.94. The first kappa shape index (κ1) is 41.3. The number of alkyl halides is 3. The molecule has 1 unspecified atom stereocenters. The van der Waals surface area contributed by atoms with Crippen LogP contribution in [0, 0.1) is 11.7 Å². The van der Waals surface area contributed by atoms with Crippen molar-refractivity contribution in [1.29, 1.82) is 0 Å². The van der Waals surface area contributed by atoms with E-state index in [1.165, 1.54) is 24.3 Å². The van der Waals surface area contributed by atoms with Crippen molar-refractivity contribution in [2.75, 3.05) is 52.4 Å². The number of likely N-dealkylation sites (tertiary alicyclic amines) is 1. The Hall–Kier alpha value is -5.29. The number of halogens is 4. The van der Waals surface area contributed by atoms with Gasteiger partial charge in [-0.1, -0.05) is 6.92 Å². The molecule has 3 aromatic rings. The Kier molecular flexibility index (Phi) is 12.1. The molecule has 3 heterocycles. The summed E-state index contributed by atoms with van der Waals surface area (Å²) >= 11 is 5.70. The van der Waals surface area contributed by atoms with Crippen LogP contribution >= 0.6 is 12.2 Å². The van der Waals surface area contributed by atoms with E-state index in [0.29, 0.717) is 55.6 Å². The van der Waals surface area contributed by atoms with Crippen LogP contribution in [0.25, 0.3) is 0 Å². The van der Waals surface area contributed by atoms with Crippen molar-refractivity contribution in [1.82, 2.24) is 10.2 Å². The zero-order chi connectivity index (χ0) is 41.2. The second kappa shape index (κ2) is 16.7. The Labute approximate surface area is 333 Å². The summed E-state index contributed by atoms with van der Waals surface area (Å²) in [6, 6.07) is 12.2. The molecule has 0 spiro atoms. The number of hydrogen-bond donors (Lipinski definition) is 4. The van der Waals surface area contributed by atoms with Gasteiger partial charge in [0, 0.05) is 23.5 Å². The average molecular weight is 812 g/mol. The number of thiocarbonyl (C=S) groups is 1. The number of amides is 4. The number of nitrogens with one attached hydrogen (secondary N) is 3. The zero-order valence-electron chi connectivity index (χ0n) is 31.8. The van der Waals surface area contributed by atoms with E-state index in [4.69, 9.17) is 22.7 Å². The summed E-state index contributed by atoms with van der Waals surface area (Å²) in [6.45, 7) is 7.22. The number of nitrogens with two attached hydrogens (primary N) is 1. The predicted octanol–water partition coefficient (Wildman–Crippen LogP) is 6.24. The second-order valence-corrected chi connectivity index (χ2v) is 15.3. The third-order valence-electron chi connectivity index (χ3n) is 10.6. The molecule has 5 N–H and O–H groups in total. The number of carbonyl (C=O) groups excluding carboxylic acids is 4. The number of carbonyl (C=O) groups is 4. The van der Waals surface area contributed by atoms with Gasteiger partial charge in [0.25, 0.3) is 5.91 Å². The minimum atomic E-state index is -4.71. The molecule has 57 heavy (non-hydrogen) atoms. The lowest BCUT2D eigenvalue weighted by Crippen LogP contribution is -2.47. The Morgan fingerprint density at radius 3 is 2.42 bits per heavy atom. The van der Waals surface area contributed by atoms with Gasteiger partial charge in [0.2, 0.25) is 17.7 Å². The van der Waals surface area contributed by atoms with Gasteiger partial charge < -0.3 is 26.0 Å². The quantitative estimate of drug-likeness (QED) is 0.0717. The first-order valence-corrected chi connectivity index (χ1v) is 19.2. The summed E-state index contributed by atoms with van der Waals surface area (Å²) in [5, 5.41) is 7.94. The summed E-state index contributed by atoms with van der Waals surface area (Å²) in [7, 11) is 0. The maximum absolute atomic E-state index is 14.6. The minimum absolute atomic E-state index is 0.00718. The first-order valence-electron chi connectivity index (χ1n) is 18.8. The molecule has 12 nitrogen and oxygen atoms in total. The number of hydrogen-bond acceptors (Lipinski definition) is 9. The minimum Gasteiger partial charge on any atom is -0.493 e. The monoisotopic (exact) mass is 811 g/mol. The van der Waals surface area contributed by atoms with Gasteiger partial charge in [0.05, 0.1) is 30.1 Å². The van der Waals surface area contributed by atoms with Gasteiger partial charge >= 0.3 is 6.18 Å². The SMILES string of the molecule is CCc1cc(N2C(=S)N(c3ccc(N)c(C(F)(F)F)c3)C(=O)C2(C)C)ccc1OCCC1CCN(CC(=O)Nc2cc(NC3CCC(=O)NC3=O)ccc2F)CC1. The van der Waals surface area contributed by atoms with Crippen molar-refractivity contribution >= 4 is 69.4 Å². The van der Waals surface area contributed by atoms with E-state index in [2.05, 4.69) is 16.0 Å². The van der Waals surface area contributed by atoms with Gasteiger partial charge in [-0.05, 0) is 137 Å². The summed E-state index contributed by atoms with van der Waals surface area (Å²) in [6.07, 6.45) is -1.10. The van der Waals surface area contributed by atoms with Crippen molar-refractivity contribution in [2.24, 2.45) is 5.92 Å². The maximum atomic E-state index is 14.6. The van der Waals surface area contributed by atoms with Crippen LogP contribution in [-0.4, -0.2) is 71.5 Å². The van der Waals surface area contributed by atoms with Crippen molar-refractivity contribution in [3.8, 4) is 5.75 Å². The van der Waals surface area contributed by atoms with E-state index >= 15 is 0 Å². The average Bonchev–Trinajstić information content (AvgIpc) is 3.33. The Morgan fingerprint density at radius 2 is 1.74 bits per heavy atom. The molecule has 3 fully saturated rings. The number of rotatable bonds is 12. The molecule has 3 aromatic carbocycles. The number of nitrogens with zero attached hydrogens (tertiary/aromatic N) is 3. The summed E-state index contributed by atoms with van der Waals surface area (Å²) in [5.41, 5.74) is 4.80. The van der Waals surface area contributed by atoms with Gasteiger partial charge in [-0.2, -0.15) is 13.2 Å². The van der Waals surface area contributed by atoms with E-state index in [1.807, 2.05) is 24.0 Å². The van der Waals surface area contributed by atoms with Crippen LogP contribution in [0.5, 0.6) is 5.75 Å². The van der Waals surface area contributed by atoms with Gasteiger partial charge in [-0.3, -0.25) is 34.3 Å². The fraction of sp³-hybridized carbons (Fsp3) is 0.425. The van der Waals surface area contributed by atoms with Crippen molar-refractivity contribution in [3.05, 3.63) is 71.5 Å². The van der Waals surface area contributed by atoms with Gasteiger partial charge in [-0.25, -0.2) is 4.39 Å². The number of imide groups is 1. The molecule has 1 atom stereocenters. The molecular weight excluding hydrogens is 767 g/mol. The molecule has 0 saturated carbocycles. The molecule has 3 aliphatic heterocycles. The molecule has 0 aliphatic carbocycles. The molecule has 0 bridgehead atoms. The highest BCUT2D eigenvalue weighted by molar-refractivity contribution is 7.81. The third kappa shape index (κ3) is 9.14. The second-order valence-electron chi connectivity index (χ2n) is 15.0. The normalized spacial score (nSPS) is 19.2. The third-order valence-corrected chi connectivity index (χ3v) is 11.0. The van der Waals surface area contributed by atoms with Crippen molar-refractivity contribution in [3.63, 3.8) is 0 Å². The Bertz CT molecular complexity index is 2070. The lowest BCUT2D eigenvalue weighted by molar-refractivity contribution is -0.137. The summed E-state index contributed by atoms with van der Waals surface area (Å²) < 4.78 is 61.7. The molecule has 17 heteroatoms. The number of ether oxygens (including phenoxy) is 1. The smallest absolute Gasteiger partial charge is 0.418 e. The molecule has 3 aliphatic rings. The Balaban J connectivity index is 0.995. The van der Waals surface area contributed by atoms with Crippen LogP contribution < -0.4 is 36.2 Å². The van der Waals surface area contributed by atoms with Crippen molar-refractivity contribution in [2.45, 2.75) is 77.1 Å². The van der Waals surface area contributed by atoms with Crippen LogP contribution in [0.15, 0.2) is 54.6 Å². The first-order chi connectivity index (χ1) is 27.0. The topological polar surface area (TPSA) is 149 Å². The standard InChI is InChI=1S/C40H45F4N7O5S/c1-4-24-19-27(51-38(57)50(37(55)39(51,2)3)26-6-9-30(45)28(21-26)40(42,43)44)7-11-33(24)56-18-15-23-13-16-49(17-14-23)22-35(53)47-32-20-25(5-8-29(32)41)46-31-10-12-34(52)48-36(31)54/h5-9,11,19-21,23,31,46H,4,10,12-18,22,45H2,1-3H3,(H,47,53)(H,48,52,54). The van der Waals surface area contributed by atoms with E-state index in [-0.39, 0.29) is 41.3 Å². The van der Waals surface area contributed by atoms with Gasteiger partial charge in [-0.15, -0.1) is 0 Å². The fourth-order valence-corrected chi connectivity index (χ4v) is 7.93. The van der Waals surface area contributed by atoms with Gasteiger partial charge in [0.15, 0.2) is 5.11 Å². The van der Waals surface area contributed by atoms with Gasteiger partial charge in [0.1, 0.15) is 23.1 Å². The summed E-state index contributed by atoms with van der Waals surface area (Å²) in [5.74, 6) is -1.19. The molecule has 6 rings (SSSR count). The zero-order valence-corrected chi connectivity index (χ0v) is 32.6. The molecule has 4 amide bonds. The number of aryl methyl sites for hydroxylation is 1. The highest BCUT2D eigenvalue weighted by atomic mass is 32.1. The number of anilines is 5. The highest BCUT2D eigenvalue weighted by Crippen LogP contribution is 2.41. The van der Waals surface area contributed by atoms with E-state index in [1.54, 1.807) is 24.8 Å². The molecule has 3 saturated heterocycles. The predicted molar refractivity (Wildman–Crippen MR) is 212 cm³/mol. The van der Waals surface area contributed by atoms with E-state index in [9.17, 15) is 36.7 Å². The maximum Gasteiger partial charge on any atom is 0.418 e. The Morgan fingerprint density at radius 1 is 1.02 bits per heavy atom. The van der Waals surface area contributed by atoms with Crippen molar-refractivity contribution < 1.29 is 41.5 Å². The molecule has 0 radical (unpaired) electrons. The number of nitrogen functional groups attached to an aromatic ring is 1. The molecule has 0 aromatic heterocycles. The highest BCUT2D eigenvalue weighted by Gasteiger charge is 2.51. The van der Waals surface area contributed by atoms with Crippen LogP contribution in [0.1, 0.15) is 64.0 Å². The molecular formula is C40H45F4N7O5S. The van der Waals surface area contributed by atoms with Crippen LogP contribution in [0.2, 0.25) is 0 Å². The number of piperidine rings is 2. The van der Waals surface area contributed by atoms with E-state index in [0.717, 1.165) is 41.9 Å². The molecule has 304 valence electrons. The van der Waals surface area contributed by atoms with Crippen LogP contribution in [0.3, 0.4) is 0 Å². The lowest BCUT2D eigenvalue weighted by Gasteiger charge is -2.31. The largest absolute Gasteiger partial charge is 0.493 e. The number of benzene rings is 3. The van der Waals surface area contributed by atoms with Crippen LogP contribution in [0.4, 0.5) is 46.0 Å². The van der Waals surface area contributed by atoms with Crippen LogP contribution in [-0.2, 0) is 31.8 Å². The summed E-state index contributed by atoms with van der Waals surface area (Å²) in [4.78, 5) is 54.8.